The highest BCUT2D eigenvalue weighted by Crippen LogP contribution is 2.30. The highest BCUT2D eigenvalue weighted by Gasteiger charge is 2.04. The monoisotopic (exact) mass is 242 g/mol. The molecule has 0 fully saturated rings. The fraction of sp³-hybridized carbons (Fsp3) is 0.250. The van der Waals surface area contributed by atoms with Crippen LogP contribution in [0.5, 0.6) is 11.5 Å². The number of methoxy groups -OCH3 is 1. The summed E-state index contributed by atoms with van der Waals surface area (Å²) in [6.45, 7) is 2.86. The molecule has 94 valence electrons. The van der Waals surface area contributed by atoms with Crippen LogP contribution < -0.4 is 9.47 Å². The zero-order chi connectivity index (χ0) is 12.8. The van der Waals surface area contributed by atoms with Crippen molar-refractivity contribution < 1.29 is 9.47 Å². The van der Waals surface area contributed by atoms with Crippen LogP contribution in [-0.4, -0.2) is 13.7 Å². The lowest BCUT2D eigenvalue weighted by Crippen LogP contribution is -1.94. The first-order valence-corrected chi connectivity index (χ1v) is 6.21. The quantitative estimate of drug-likeness (QED) is 0.784. The van der Waals surface area contributed by atoms with Crippen molar-refractivity contribution in [2.75, 3.05) is 13.7 Å². The van der Waals surface area contributed by atoms with Gasteiger partial charge in [-0.3, -0.25) is 0 Å². The van der Waals surface area contributed by atoms with Gasteiger partial charge in [0.05, 0.1) is 13.7 Å². The lowest BCUT2D eigenvalue weighted by molar-refractivity contribution is 0.317. The summed E-state index contributed by atoms with van der Waals surface area (Å²) >= 11 is 0. The fourth-order valence-corrected chi connectivity index (χ4v) is 1.83. The van der Waals surface area contributed by atoms with Crippen molar-refractivity contribution >= 4 is 0 Å². The maximum atomic E-state index is 5.57. The molecule has 0 aliphatic heterocycles. The molecule has 0 saturated heterocycles. The van der Waals surface area contributed by atoms with Crippen LogP contribution >= 0.6 is 0 Å². The summed E-state index contributed by atoms with van der Waals surface area (Å²) in [4.78, 5) is 0. The predicted octanol–water partition coefficient (Wildman–Crippen LogP) is 4.15. The van der Waals surface area contributed by atoms with E-state index in [1.165, 1.54) is 0 Å². The molecule has 2 nitrogen and oxygen atoms in total. The number of benzene rings is 2. The standard InChI is InChI=1S/C16H18O2/c1-3-12-18-14-10-8-13(9-11-14)15-6-4-5-7-16(15)17-2/h4-11H,3,12H2,1-2H3. The molecule has 0 bridgehead atoms. The minimum Gasteiger partial charge on any atom is -0.496 e. The fourth-order valence-electron chi connectivity index (χ4n) is 1.83. The van der Waals surface area contributed by atoms with E-state index >= 15 is 0 Å². The first-order chi connectivity index (χ1) is 8.85. The molecule has 0 radical (unpaired) electrons. The smallest absolute Gasteiger partial charge is 0.126 e. The van der Waals surface area contributed by atoms with Crippen molar-refractivity contribution in [2.24, 2.45) is 0 Å². The maximum Gasteiger partial charge on any atom is 0.126 e. The predicted molar refractivity (Wildman–Crippen MR) is 74.2 cm³/mol. The largest absolute Gasteiger partial charge is 0.496 e. The minimum atomic E-state index is 0.758. The number of rotatable bonds is 5. The lowest BCUT2D eigenvalue weighted by atomic mass is 10.0. The van der Waals surface area contributed by atoms with Crippen molar-refractivity contribution in [3.8, 4) is 22.6 Å². The zero-order valence-electron chi connectivity index (χ0n) is 10.8. The Morgan fingerprint density at radius 2 is 1.67 bits per heavy atom. The third-order valence-electron chi connectivity index (χ3n) is 2.75. The van der Waals surface area contributed by atoms with Gasteiger partial charge >= 0.3 is 0 Å². The van der Waals surface area contributed by atoms with Gasteiger partial charge in [-0.05, 0) is 30.2 Å². The normalized spacial score (nSPS) is 10.1. The Balaban J connectivity index is 2.23. The van der Waals surface area contributed by atoms with E-state index in [9.17, 15) is 0 Å². The molecule has 0 aromatic heterocycles. The van der Waals surface area contributed by atoms with Crippen molar-refractivity contribution in [2.45, 2.75) is 13.3 Å². The summed E-state index contributed by atoms with van der Waals surface area (Å²) in [7, 11) is 1.69. The van der Waals surface area contributed by atoms with Crippen LogP contribution in [0.1, 0.15) is 13.3 Å². The van der Waals surface area contributed by atoms with E-state index < -0.39 is 0 Å². The third-order valence-corrected chi connectivity index (χ3v) is 2.75. The summed E-state index contributed by atoms with van der Waals surface area (Å²) in [5.41, 5.74) is 2.23. The molecule has 2 heteroatoms. The highest BCUT2D eigenvalue weighted by molar-refractivity contribution is 5.70. The molecular formula is C16H18O2. The molecule has 0 amide bonds. The molecule has 2 aromatic rings. The molecule has 0 aliphatic carbocycles. The van der Waals surface area contributed by atoms with Gasteiger partial charge < -0.3 is 9.47 Å². The molecule has 0 heterocycles. The van der Waals surface area contributed by atoms with Gasteiger partial charge in [0.2, 0.25) is 0 Å². The Morgan fingerprint density at radius 1 is 0.944 bits per heavy atom. The van der Waals surface area contributed by atoms with Gasteiger partial charge in [-0.2, -0.15) is 0 Å². The van der Waals surface area contributed by atoms with Gasteiger partial charge in [0.15, 0.2) is 0 Å². The van der Waals surface area contributed by atoms with E-state index in [0.29, 0.717) is 0 Å². The topological polar surface area (TPSA) is 18.5 Å². The Morgan fingerprint density at radius 3 is 2.33 bits per heavy atom. The van der Waals surface area contributed by atoms with Crippen LogP contribution in [0, 0.1) is 0 Å². The lowest BCUT2D eigenvalue weighted by Gasteiger charge is -2.09. The second kappa shape index (κ2) is 6.10. The highest BCUT2D eigenvalue weighted by atomic mass is 16.5. The van der Waals surface area contributed by atoms with Crippen LogP contribution in [0.3, 0.4) is 0 Å². The molecule has 0 saturated carbocycles. The SMILES string of the molecule is CCCOc1ccc(-c2ccccc2OC)cc1. The third kappa shape index (κ3) is 2.83. The molecule has 0 atom stereocenters. The van der Waals surface area contributed by atoms with E-state index in [-0.39, 0.29) is 0 Å². The van der Waals surface area contributed by atoms with Crippen LogP contribution in [-0.2, 0) is 0 Å². The van der Waals surface area contributed by atoms with E-state index in [1.54, 1.807) is 7.11 Å². The number of hydrogen-bond acceptors (Lipinski definition) is 2. The van der Waals surface area contributed by atoms with Crippen molar-refractivity contribution in [1.29, 1.82) is 0 Å². The Hall–Kier alpha value is -1.96. The summed E-state index contributed by atoms with van der Waals surface area (Å²) in [6.07, 6.45) is 1.02. The molecule has 2 aromatic carbocycles. The van der Waals surface area contributed by atoms with Gasteiger partial charge in [-0.25, -0.2) is 0 Å². The molecule has 0 aliphatic rings. The maximum absolute atomic E-state index is 5.57. The van der Waals surface area contributed by atoms with Gasteiger partial charge in [-0.1, -0.05) is 37.3 Å². The summed E-state index contributed by atoms with van der Waals surface area (Å²) in [5, 5.41) is 0. The van der Waals surface area contributed by atoms with Crippen LogP contribution in [0.4, 0.5) is 0 Å². The zero-order valence-corrected chi connectivity index (χ0v) is 10.8. The average Bonchev–Trinajstić information content (AvgIpc) is 2.45. The number of ether oxygens (including phenoxy) is 2. The van der Waals surface area contributed by atoms with Gasteiger partial charge in [-0.15, -0.1) is 0 Å². The second-order valence-corrected chi connectivity index (χ2v) is 4.07. The first-order valence-electron chi connectivity index (χ1n) is 6.21. The molecule has 18 heavy (non-hydrogen) atoms. The van der Waals surface area contributed by atoms with Crippen molar-refractivity contribution in [3.63, 3.8) is 0 Å². The Kier molecular flexibility index (Phi) is 4.24. The molecule has 0 spiro atoms. The Bertz CT molecular complexity index is 489. The van der Waals surface area contributed by atoms with Crippen LogP contribution in [0.25, 0.3) is 11.1 Å². The van der Waals surface area contributed by atoms with Gasteiger partial charge in [0.1, 0.15) is 11.5 Å². The number of para-hydroxylation sites is 1. The van der Waals surface area contributed by atoms with E-state index in [1.807, 2.05) is 30.3 Å². The van der Waals surface area contributed by atoms with Crippen molar-refractivity contribution in [3.05, 3.63) is 48.5 Å². The second-order valence-electron chi connectivity index (χ2n) is 4.07. The summed E-state index contributed by atoms with van der Waals surface area (Å²) in [6, 6.07) is 16.1. The molecule has 0 N–H and O–H groups in total. The van der Waals surface area contributed by atoms with Gasteiger partial charge in [0.25, 0.3) is 0 Å². The Labute approximate surface area is 108 Å². The average molecular weight is 242 g/mol. The summed E-state index contributed by atoms with van der Waals surface area (Å²) < 4.78 is 10.9. The van der Waals surface area contributed by atoms with Crippen molar-refractivity contribution in [1.82, 2.24) is 0 Å². The molecule has 2 rings (SSSR count). The molecule has 0 unspecified atom stereocenters. The van der Waals surface area contributed by atoms with Crippen LogP contribution in [0.15, 0.2) is 48.5 Å². The number of hydrogen-bond donors (Lipinski definition) is 0. The van der Waals surface area contributed by atoms with E-state index in [0.717, 1.165) is 35.7 Å². The van der Waals surface area contributed by atoms with Gasteiger partial charge in [0, 0.05) is 5.56 Å². The van der Waals surface area contributed by atoms with E-state index in [2.05, 4.69) is 25.1 Å². The van der Waals surface area contributed by atoms with Crippen LogP contribution in [0.2, 0.25) is 0 Å². The molecular weight excluding hydrogens is 224 g/mol. The summed E-state index contributed by atoms with van der Waals surface area (Å²) in [5.74, 6) is 1.80. The first kappa shape index (κ1) is 12.5. The minimum absolute atomic E-state index is 0.758. The van der Waals surface area contributed by atoms with E-state index in [4.69, 9.17) is 9.47 Å².